The number of nitrogens with one attached hydrogen (secondary N) is 2. The standard InChI is InChI=1S/C28H30N6O3/c1-34(2)16-5-17-37-23-10-8-22(9-11-23)31-27(35)20-7-12-26(36-3)25(18-20)33-28-30-15-13-24(32-28)21-6-4-14-29-19-21/h4,6-15,18-19H,5,16-17H2,1-3H3,(H,31,35)(H,30,32,33). The SMILES string of the molecule is COc1ccc(C(=O)Nc2ccc(OCCCN(C)C)cc2)cc1Nc1nccc(-c2cccnc2)n1. The number of aromatic nitrogens is 3. The second kappa shape index (κ2) is 12.5. The molecule has 190 valence electrons. The van der Waals surface area contributed by atoms with Crippen LogP contribution in [0.5, 0.6) is 11.5 Å². The molecule has 37 heavy (non-hydrogen) atoms. The Kier molecular flexibility index (Phi) is 8.62. The maximum atomic E-state index is 13.0. The lowest BCUT2D eigenvalue weighted by Gasteiger charge is -2.13. The molecule has 0 atom stereocenters. The molecule has 2 aromatic carbocycles. The summed E-state index contributed by atoms with van der Waals surface area (Å²) in [5, 5.41) is 6.08. The molecule has 0 unspecified atom stereocenters. The van der Waals surface area contributed by atoms with Crippen molar-refractivity contribution in [1.82, 2.24) is 19.9 Å². The maximum Gasteiger partial charge on any atom is 0.255 e. The molecule has 2 heterocycles. The van der Waals surface area contributed by atoms with Crippen molar-refractivity contribution in [3.8, 4) is 22.8 Å². The van der Waals surface area contributed by atoms with E-state index in [1.54, 1.807) is 43.9 Å². The Hall–Kier alpha value is -4.50. The quantitative estimate of drug-likeness (QED) is 0.282. The molecular formula is C28H30N6O3. The number of nitrogens with zero attached hydrogens (tertiary/aromatic N) is 4. The molecule has 9 heteroatoms. The fourth-order valence-electron chi connectivity index (χ4n) is 3.57. The smallest absolute Gasteiger partial charge is 0.255 e. The molecule has 0 saturated carbocycles. The first-order valence-electron chi connectivity index (χ1n) is 11.9. The summed E-state index contributed by atoms with van der Waals surface area (Å²) in [6.07, 6.45) is 6.05. The predicted octanol–water partition coefficient (Wildman–Crippen LogP) is 4.87. The van der Waals surface area contributed by atoms with Gasteiger partial charge in [-0.25, -0.2) is 9.97 Å². The van der Waals surface area contributed by atoms with E-state index in [1.807, 2.05) is 56.6 Å². The summed E-state index contributed by atoms with van der Waals surface area (Å²) in [5.41, 5.74) is 3.29. The molecular weight excluding hydrogens is 468 g/mol. The Bertz CT molecular complexity index is 1310. The normalized spacial score (nSPS) is 10.7. The number of rotatable bonds is 11. The fourth-order valence-corrected chi connectivity index (χ4v) is 3.57. The molecule has 0 saturated heterocycles. The summed E-state index contributed by atoms with van der Waals surface area (Å²) in [7, 11) is 5.64. The van der Waals surface area contributed by atoms with E-state index in [-0.39, 0.29) is 5.91 Å². The van der Waals surface area contributed by atoms with Crippen LogP contribution in [0, 0.1) is 0 Å². The lowest BCUT2D eigenvalue weighted by molar-refractivity contribution is 0.102. The van der Waals surface area contributed by atoms with Crippen LogP contribution in [0.2, 0.25) is 0 Å². The van der Waals surface area contributed by atoms with E-state index in [4.69, 9.17) is 9.47 Å². The third kappa shape index (κ3) is 7.25. The number of benzene rings is 2. The van der Waals surface area contributed by atoms with Crippen molar-refractivity contribution in [2.24, 2.45) is 0 Å². The average molecular weight is 499 g/mol. The summed E-state index contributed by atoms with van der Waals surface area (Å²) in [6, 6.07) is 18.1. The van der Waals surface area contributed by atoms with Gasteiger partial charge < -0.3 is 25.0 Å². The molecule has 0 aliphatic carbocycles. The van der Waals surface area contributed by atoms with Crippen molar-refractivity contribution in [3.05, 3.63) is 84.8 Å². The zero-order chi connectivity index (χ0) is 26.0. The minimum atomic E-state index is -0.254. The summed E-state index contributed by atoms with van der Waals surface area (Å²) < 4.78 is 11.2. The summed E-state index contributed by atoms with van der Waals surface area (Å²) >= 11 is 0. The van der Waals surface area contributed by atoms with Gasteiger partial charge >= 0.3 is 0 Å². The molecule has 2 N–H and O–H groups in total. The summed E-state index contributed by atoms with van der Waals surface area (Å²) in [5.74, 6) is 1.44. The van der Waals surface area contributed by atoms with Gasteiger partial charge in [0.2, 0.25) is 5.95 Å². The highest BCUT2D eigenvalue weighted by Crippen LogP contribution is 2.29. The Morgan fingerprint density at radius 2 is 1.86 bits per heavy atom. The molecule has 0 aliphatic heterocycles. The minimum absolute atomic E-state index is 0.254. The first-order chi connectivity index (χ1) is 18.0. The zero-order valence-electron chi connectivity index (χ0n) is 21.1. The van der Waals surface area contributed by atoms with E-state index < -0.39 is 0 Å². The number of hydrogen-bond donors (Lipinski definition) is 2. The number of anilines is 3. The molecule has 9 nitrogen and oxygen atoms in total. The van der Waals surface area contributed by atoms with Gasteiger partial charge in [0.05, 0.1) is 25.1 Å². The van der Waals surface area contributed by atoms with Gasteiger partial charge in [-0.1, -0.05) is 0 Å². The lowest BCUT2D eigenvalue weighted by atomic mass is 10.1. The van der Waals surface area contributed by atoms with Crippen LogP contribution in [0.15, 0.2) is 79.3 Å². The van der Waals surface area contributed by atoms with E-state index in [0.29, 0.717) is 35.2 Å². The van der Waals surface area contributed by atoms with E-state index in [0.717, 1.165) is 30.0 Å². The van der Waals surface area contributed by atoms with Gasteiger partial charge in [0, 0.05) is 41.9 Å². The van der Waals surface area contributed by atoms with Crippen LogP contribution in [0.4, 0.5) is 17.3 Å². The molecule has 0 spiro atoms. The Morgan fingerprint density at radius 1 is 1.03 bits per heavy atom. The number of methoxy groups -OCH3 is 1. The Labute approximate surface area is 216 Å². The van der Waals surface area contributed by atoms with Gasteiger partial charge in [-0.3, -0.25) is 9.78 Å². The molecule has 4 rings (SSSR count). The van der Waals surface area contributed by atoms with Crippen molar-refractivity contribution in [2.45, 2.75) is 6.42 Å². The highest BCUT2D eigenvalue weighted by molar-refractivity contribution is 6.05. The molecule has 0 bridgehead atoms. The van der Waals surface area contributed by atoms with Crippen LogP contribution in [-0.2, 0) is 0 Å². The second-order valence-corrected chi connectivity index (χ2v) is 8.53. The molecule has 0 fully saturated rings. The van der Waals surface area contributed by atoms with Gasteiger partial charge in [0.25, 0.3) is 5.91 Å². The van der Waals surface area contributed by atoms with Crippen LogP contribution in [-0.4, -0.2) is 60.1 Å². The summed E-state index contributed by atoms with van der Waals surface area (Å²) in [6.45, 7) is 1.61. The van der Waals surface area contributed by atoms with Gasteiger partial charge in [-0.2, -0.15) is 0 Å². The van der Waals surface area contributed by atoms with E-state index in [2.05, 4.69) is 30.5 Å². The van der Waals surface area contributed by atoms with Crippen molar-refractivity contribution in [1.29, 1.82) is 0 Å². The van der Waals surface area contributed by atoms with Crippen molar-refractivity contribution in [3.63, 3.8) is 0 Å². The lowest BCUT2D eigenvalue weighted by Crippen LogP contribution is -2.15. The minimum Gasteiger partial charge on any atom is -0.495 e. The van der Waals surface area contributed by atoms with Gasteiger partial charge in [-0.15, -0.1) is 0 Å². The molecule has 4 aromatic rings. The second-order valence-electron chi connectivity index (χ2n) is 8.53. The van der Waals surface area contributed by atoms with Crippen LogP contribution >= 0.6 is 0 Å². The molecule has 2 aromatic heterocycles. The third-order valence-corrected chi connectivity index (χ3v) is 5.45. The first kappa shape index (κ1) is 25.6. The predicted molar refractivity (Wildman–Crippen MR) is 145 cm³/mol. The van der Waals surface area contributed by atoms with Crippen molar-refractivity contribution < 1.29 is 14.3 Å². The number of pyridine rings is 1. The third-order valence-electron chi connectivity index (χ3n) is 5.45. The fraction of sp³-hybridized carbons (Fsp3) is 0.214. The van der Waals surface area contributed by atoms with Crippen molar-refractivity contribution in [2.75, 3.05) is 45.0 Å². The van der Waals surface area contributed by atoms with Crippen molar-refractivity contribution >= 4 is 23.2 Å². The monoisotopic (exact) mass is 498 g/mol. The molecule has 0 aliphatic rings. The number of hydrogen-bond acceptors (Lipinski definition) is 8. The average Bonchev–Trinajstić information content (AvgIpc) is 2.92. The Morgan fingerprint density at radius 3 is 2.59 bits per heavy atom. The van der Waals surface area contributed by atoms with E-state index >= 15 is 0 Å². The number of ether oxygens (including phenoxy) is 2. The largest absolute Gasteiger partial charge is 0.495 e. The van der Waals surface area contributed by atoms with Crippen LogP contribution in [0.1, 0.15) is 16.8 Å². The highest BCUT2D eigenvalue weighted by Gasteiger charge is 2.13. The van der Waals surface area contributed by atoms with Gasteiger partial charge in [0.15, 0.2) is 0 Å². The van der Waals surface area contributed by atoms with Crippen LogP contribution in [0.25, 0.3) is 11.3 Å². The van der Waals surface area contributed by atoms with Crippen LogP contribution < -0.4 is 20.1 Å². The van der Waals surface area contributed by atoms with E-state index in [9.17, 15) is 4.79 Å². The maximum absolute atomic E-state index is 13.0. The molecule has 0 radical (unpaired) electrons. The van der Waals surface area contributed by atoms with Crippen LogP contribution in [0.3, 0.4) is 0 Å². The zero-order valence-corrected chi connectivity index (χ0v) is 21.1. The summed E-state index contributed by atoms with van der Waals surface area (Å²) in [4.78, 5) is 28.1. The topological polar surface area (TPSA) is 102 Å². The number of carbonyl (C=O) groups is 1. The highest BCUT2D eigenvalue weighted by atomic mass is 16.5. The molecule has 1 amide bonds. The Balaban J connectivity index is 1.43. The van der Waals surface area contributed by atoms with Gasteiger partial charge in [0.1, 0.15) is 11.5 Å². The van der Waals surface area contributed by atoms with E-state index in [1.165, 1.54) is 0 Å². The number of carbonyl (C=O) groups excluding carboxylic acids is 1. The number of amides is 1. The first-order valence-corrected chi connectivity index (χ1v) is 11.9. The van der Waals surface area contributed by atoms with Gasteiger partial charge in [-0.05, 0) is 81.2 Å².